The van der Waals surface area contributed by atoms with Crippen molar-refractivity contribution in [3.05, 3.63) is 29.6 Å². The second-order valence-corrected chi connectivity index (χ2v) is 4.92. The van der Waals surface area contributed by atoms with Crippen molar-refractivity contribution in [3.8, 4) is 5.75 Å². The van der Waals surface area contributed by atoms with Crippen LogP contribution in [0, 0.1) is 11.7 Å². The third-order valence-corrected chi connectivity index (χ3v) is 2.57. The van der Waals surface area contributed by atoms with E-state index >= 15 is 0 Å². The molecule has 0 aliphatic carbocycles. The van der Waals surface area contributed by atoms with Gasteiger partial charge in [-0.2, -0.15) is 0 Å². The lowest BCUT2D eigenvalue weighted by molar-refractivity contribution is 0.183. The van der Waals surface area contributed by atoms with Crippen LogP contribution in [0.2, 0.25) is 0 Å². The summed E-state index contributed by atoms with van der Waals surface area (Å²) in [6.07, 6.45) is 0.214. The molecule has 96 valence electrons. The Morgan fingerprint density at radius 2 is 1.88 bits per heavy atom. The SMILES string of the molecule is CC(C)CC(C)Oc1ccc(C(C)O)cc1F. The van der Waals surface area contributed by atoms with Crippen molar-refractivity contribution in [2.75, 3.05) is 0 Å². The summed E-state index contributed by atoms with van der Waals surface area (Å²) in [5, 5.41) is 9.33. The van der Waals surface area contributed by atoms with Crippen molar-refractivity contribution >= 4 is 0 Å². The fourth-order valence-corrected chi connectivity index (χ4v) is 1.80. The van der Waals surface area contributed by atoms with E-state index in [2.05, 4.69) is 13.8 Å². The van der Waals surface area contributed by atoms with Crippen LogP contribution in [0.5, 0.6) is 5.75 Å². The molecule has 1 aromatic carbocycles. The van der Waals surface area contributed by atoms with Gasteiger partial charge in [0.2, 0.25) is 0 Å². The predicted octanol–water partition coefficient (Wildman–Crippen LogP) is 3.69. The van der Waals surface area contributed by atoms with Crippen LogP contribution < -0.4 is 4.74 Å². The average Bonchev–Trinajstić information content (AvgIpc) is 2.19. The Hall–Kier alpha value is -1.09. The van der Waals surface area contributed by atoms with Gasteiger partial charge in [-0.15, -0.1) is 0 Å². The van der Waals surface area contributed by atoms with Crippen molar-refractivity contribution in [1.82, 2.24) is 0 Å². The van der Waals surface area contributed by atoms with E-state index in [1.807, 2.05) is 6.92 Å². The maximum atomic E-state index is 13.7. The van der Waals surface area contributed by atoms with Gasteiger partial charge < -0.3 is 9.84 Å². The van der Waals surface area contributed by atoms with Gasteiger partial charge in [0.15, 0.2) is 11.6 Å². The summed E-state index contributed by atoms with van der Waals surface area (Å²) in [4.78, 5) is 0. The summed E-state index contributed by atoms with van der Waals surface area (Å²) in [5.41, 5.74) is 0.561. The van der Waals surface area contributed by atoms with Gasteiger partial charge in [0.25, 0.3) is 0 Å². The molecule has 1 rings (SSSR count). The summed E-state index contributed by atoms with van der Waals surface area (Å²) in [6.45, 7) is 7.75. The molecule has 0 aromatic heterocycles. The van der Waals surface area contributed by atoms with E-state index in [1.165, 1.54) is 6.07 Å². The Kier molecular flexibility index (Phi) is 4.94. The zero-order valence-corrected chi connectivity index (χ0v) is 10.9. The van der Waals surface area contributed by atoms with Gasteiger partial charge >= 0.3 is 0 Å². The minimum atomic E-state index is -0.661. The van der Waals surface area contributed by atoms with Gasteiger partial charge in [-0.3, -0.25) is 0 Å². The van der Waals surface area contributed by atoms with Crippen LogP contribution >= 0.6 is 0 Å². The topological polar surface area (TPSA) is 29.5 Å². The molecule has 0 fully saturated rings. The van der Waals surface area contributed by atoms with E-state index in [1.54, 1.807) is 19.1 Å². The number of aliphatic hydroxyl groups is 1. The van der Waals surface area contributed by atoms with Crippen LogP contribution in [0.3, 0.4) is 0 Å². The lowest BCUT2D eigenvalue weighted by Gasteiger charge is -2.17. The maximum absolute atomic E-state index is 13.7. The monoisotopic (exact) mass is 240 g/mol. The molecule has 0 saturated heterocycles. The Labute approximate surface area is 102 Å². The molecule has 0 spiro atoms. The molecule has 0 aliphatic rings. The van der Waals surface area contributed by atoms with Crippen molar-refractivity contribution in [3.63, 3.8) is 0 Å². The first kappa shape index (κ1) is 14.0. The number of benzene rings is 1. The molecule has 0 aliphatic heterocycles. The smallest absolute Gasteiger partial charge is 0.165 e. The molecule has 0 heterocycles. The van der Waals surface area contributed by atoms with Crippen molar-refractivity contribution in [1.29, 1.82) is 0 Å². The Morgan fingerprint density at radius 1 is 1.24 bits per heavy atom. The quantitative estimate of drug-likeness (QED) is 0.850. The van der Waals surface area contributed by atoms with E-state index in [4.69, 9.17) is 4.74 Å². The van der Waals surface area contributed by atoms with Crippen molar-refractivity contribution in [2.45, 2.75) is 46.3 Å². The van der Waals surface area contributed by atoms with Gasteiger partial charge in [0.1, 0.15) is 0 Å². The normalized spacial score (nSPS) is 14.8. The summed E-state index contributed by atoms with van der Waals surface area (Å²) in [6, 6.07) is 4.58. The van der Waals surface area contributed by atoms with E-state index in [-0.39, 0.29) is 11.9 Å². The Balaban J connectivity index is 2.72. The molecule has 2 nitrogen and oxygen atoms in total. The zero-order chi connectivity index (χ0) is 13.0. The van der Waals surface area contributed by atoms with Crippen LogP contribution in [0.1, 0.15) is 45.8 Å². The lowest BCUT2D eigenvalue weighted by atomic mass is 10.1. The fraction of sp³-hybridized carbons (Fsp3) is 0.571. The molecule has 0 bridgehead atoms. The van der Waals surface area contributed by atoms with Gasteiger partial charge in [0, 0.05) is 0 Å². The summed E-state index contributed by atoms with van der Waals surface area (Å²) >= 11 is 0. The third-order valence-electron chi connectivity index (χ3n) is 2.57. The lowest BCUT2D eigenvalue weighted by Crippen LogP contribution is -2.15. The van der Waals surface area contributed by atoms with Crippen LogP contribution in [0.25, 0.3) is 0 Å². The number of hydrogen-bond acceptors (Lipinski definition) is 2. The molecule has 3 heteroatoms. The van der Waals surface area contributed by atoms with Crippen LogP contribution in [-0.4, -0.2) is 11.2 Å². The van der Waals surface area contributed by atoms with Gasteiger partial charge in [0.05, 0.1) is 12.2 Å². The number of halogens is 1. The first-order valence-corrected chi connectivity index (χ1v) is 6.04. The third kappa shape index (κ3) is 4.35. The highest BCUT2D eigenvalue weighted by Crippen LogP contribution is 2.23. The number of hydrogen-bond donors (Lipinski definition) is 1. The maximum Gasteiger partial charge on any atom is 0.165 e. The van der Waals surface area contributed by atoms with Crippen molar-refractivity contribution < 1.29 is 14.2 Å². The number of rotatable bonds is 5. The highest BCUT2D eigenvalue weighted by Gasteiger charge is 2.12. The predicted molar refractivity (Wildman–Crippen MR) is 66.6 cm³/mol. The molecule has 0 radical (unpaired) electrons. The van der Waals surface area contributed by atoms with Crippen LogP contribution in [0.4, 0.5) is 4.39 Å². The zero-order valence-electron chi connectivity index (χ0n) is 10.9. The minimum Gasteiger partial charge on any atom is -0.488 e. The highest BCUT2D eigenvalue weighted by atomic mass is 19.1. The average molecular weight is 240 g/mol. The first-order valence-electron chi connectivity index (χ1n) is 6.04. The van der Waals surface area contributed by atoms with E-state index in [0.29, 0.717) is 11.5 Å². The Bertz CT molecular complexity index is 361. The Morgan fingerprint density at radius 3 is 2.35 bits per heavy atom. The second kappa shape index (κ2) is 6.01. The van der Waals surface area contributed by atoms with E-state index in [0.717, 1.165) is 6.42 Å². The van der Waals surface area contributed by atoms with Gasteiger partial charge in [-0.05, 0) is 43.9 Å². The minimum absolute atomic E-state index is 0.0121. The van der Waals surface area contributed by atoms with Crippen LogP contribution in [-0.2, 0) is 0 Å². The fourth-order valence-electron chi connectivity index (χ4n) is 1.80. The summed E-state index contributed by atoms with van der Waals surface area (Å²) < 4.78 is 19.2. The van der Waals surface area contributed by atoms with Crippen LogP contribution in [0.15, 0.2) is 18.2 Å². The largest absolute Gasteiger partial charge is 0.488 e. The summed E-state index contributed by atoms with van der Waals surface area (Å²) in [5.74, 6) is 0.353. The molecule has 0 amide bonds. The standard InChI is InChI=1S/C14H21FO2/c1-9(2)7-10(3)17-14-6-5-12(11(4)16)8-13(14)15/h5-6,8-11,16H,7H2,1-4H3. The molecular formula is C14H21FO2. The molecular weight excluding hydrogens is 219 g/mol. The number of ether oxygens (including phenoxy) is 1. The second-order valence-electron chi connectivity index (χ2n) is 4.92. The molecule has 1 N–H and O–H groups in total. The highest BCUT2D eigenvalue weighted by molar-refractivity contribution is 5.30. The molecule has 1 aromatic rings. The summed E-state index contributed by atoms with van der Waals surface area (Å²) in [7, 11) is 0. The van der Waals surface area contributed by atoms with E-state index in [9.17, 15) is 9.50 Å². The van der Waals surface area contributed by atoms with Crippen molar-refractivity contribution in [2.24, 2.45) is 5.92 Å². The number of aliphatic hydroxyl groups excluding tert-OH is 1. The van der Waals surface area contributed by atoms with E-state index < -0.39 is 11.9 Å². The molecule has 2 atom stereocenters. The molecule has 2 unspecified atom stereocenters. The molecule has 0 saturated carbocycles. The first-order chi connectivity index (χ1) is 7.90. The van der Waals surface area contributed by atoms with Gasteiger partial charge in [-0.1, -0.05) is 19.9 Å². The molecule has 17 heavy (non-hydrogen) atoms. The van der Waals surface area contributed by atoms with Gasteiger partial charge in [-0.25, -0.2) is 4.39 Å².